The molecule has 2 amide bonds. The van der Waals surface area contributed by atoms with Gasteiger partial charge in [0.05, 0.1) is 13.7 Å². The van der Waals surface area contributed by atoms with Crippen LogP contribution in [0.15, 0.2) is 48.5 Å². The summed E-state index contributed by atoms with van der Waals surface area (Å²) in [4.78, 5) is 14.3. The second kappa shape index (κ2) is 8.99. The summed E-state index contributed by atoms with van der Waals surface area (Å²) in [5, 5.41) is 5.62. The molecule has 2 aromatic rings. The molecule has 0 aliphatic carbocycles. The molecule has 1 saturated heterocycles. The van der Waals surface area contributed by atoms with Crippen LogP contribution in [0, 0.1) is 0 Å². The van der Waals surface area contributed by atoms with Crippen LogP contribution >= 0.6 is 0 Å². The summed E-state index contributed by atoms with van der Waals surface area (Å²) in [6.45, 7) is 3.02. The lowest BCUT2D eigenvalue weighted by Crippen LogP contribution is -2.32. The third kappa shape index (κ3) is 5.05. The number of anilines is 2. The van der Waals surface area contributed by atoms with Crippen molar-refractivity contribution < 1.29 is 14.3 Å². The first-order chi connectivity index (χ1) is 12.7. The van der Waals surface area contributed by atoms with E-state index in [1.54, 1.807) is 7.11 Å². The van der Waals surface area contributed by atoms with Gasteiger partial charge in [-0.3, -0.25) is 0 Å². The molecule has 3 rings (SSSR count). The maximum absolute atomic E-state index is 12.0. The van der Waals surface area contributed by atoms with E-state index >= 15 is 0 Å². The first-order valence-electron chi connectivity index (χ1n) is 8.91. The fraction of sp³-hybridized carbons (Fsp3) is 0.350. The topological polar surface area (TPSA) is 62.8 Å². The summed E-state index contributed by atoms with van der Waals surface area (Å²) in [5.74, 6) is 1.45. The van der Waals surface area contributed by atoms with Crippen molar-refractivity contribution in [2.24, 2.45) is 0 Å². The van der Waals surface area contributed by atoms with Crippen LogP contribution < -0.4 is 25.0 Å². The van der Waals surface area contributed by atoms with E-state index in [9.17, 15) is 4.79 Å². The maximum atomic E-state index is 12.0. The van der Waals surface area contributed by atoms with Crippen molar-refractivity contribution in [1.29, 1.82) is 0 Å². The Morgan fingerprint density at radius 3 is 2.54 bits per heavy atom. The second-order valence-electron chi connectivity index (χ2n) is 6.15. The Morgan fingerprint density at radius 1 is 1.08 bits per heavy atom. The van der Waals surface area contributed by atoms with Gasteiger partial charge in [0.15, 0.2) is 0 Å². The average Bonchev–Trinajstić information content (AvgIpc) is 3.21. The molecule has 26 heavy (non-hydrogen) atoms. The van der Waals surface area contributed by atoms with Gasteiger partial charge in [0, 0.05) is 30.5 Å². The number of urea groups is 1. The molecule has 0 aromatic heterocycles. The lowest BCUT2D eigenvalue weighted by molar-refractivity contribution is 0.247. The third-order valence-electron chi connectivity index (χ3n) is 4.29. The minimum atomic E-state index is -0.242. The van der Waals surface area contributed by atoms with Crippen molar-refractivity contribution in [2.45, 2.75) is 12.8 Å². The zero-order valence-electron chi connectivity index (χ0n) is 15.0. The first kappa shape index (κ1) is 17.9. The fourth-order valence-corrected chi connectivity index (χ4v) is 2.93. The number of methoxy groups -OCH3 is 1. The molecular weight excluding hydrogens is 330 g/mol. The third-order valence-corrected chi connectivity index (χ3v) is 4.29. The molecule has 1 fully saturated rings. The molecule has 2 N–H and O–H groups in total. The van der Waals surface area contributed by atoms with Gasteiger partial charge in [-0.15, -0.1) is 0 Å². The fourth-order valence-electron chi connectivity index (χ4n) is 2.93. The van der Waals surface area contributed by atoms with Gasteiger partial charge in [-0.1, -0.05) is 6.07 Å². The Labute approximate surface area is 154 Å². The standard InChI is InChI=1S/C20H25N3O3/c1-25-18-5-4-6-19(15-18)26-14-11-21-20(24)22-16-7-9-17(10-8-16)23-12-2-3-13-23/h4-10,15H,2-3,11-14H2,1H3,(H2,21,22,24). The molecule has 0 radical (unpaired) electrons. The van der Waals surface area contributed by atoms with Gasteiger partial charge in [0.1, 0.15) is 18.1 Å². The zero-order chi connectivity index (χ0) is 18.2. The Bertz CT molecular complexity index is 712. The van der Waals surface area contributed by atoms with Gasteiger partial charge < -0.3 is 25.0 Å². The number of ether oxygens (including phenoxy) is 2. The quantitative estimate of drug-likeness (QED) is 0.746. The number of nitrogens with one attached hydrogen (secondary N) is 2. The largest absolute Gasteiger partial charge is 0.497 e. The van der Waals surface area contributed by atoms with Crippen molar-refractivity contribution in [3.05, 3.63) is 48.5 Å². The van der Waals surface area contributed by atoms with Crippen LogP contribution in [-0.4, -0.2) is 39.4 Å². The molecule has 1 aliphatic heterocycles. The van der Waals surface area contributed by atoms with Crippen LogP contribution in [0.3, 0.4) is 0 Å². The van der Waals surface area contributed by atoms with E-state index in [4.69, 9.17) is 9.47 Å². The summed E-state index contributed by atoms with van der Waals surface area (Å²) in [5.41, 5.74) is 1.99. The highest BCUT2D eigenvalue weighted by Gasteiger charge is 2.12. The van der Waals surface area contributed by atoms with Crippen LogP contribution in [0.4, 0.5) is 16.2 Å². The van der Waals surface area contributed by atoms with Gasteiger partial charge in [0.2, 0.25) is 0 Å². The van der Waals surface area contributed by atoms with E-state index in [1.807, 2.05) is 48.5 Å². The summed E-state index contributed by atoms with van der Waals surface area (Å²) in [6.07, 6.45) is 2.50. The highest BCUT2D eigenvalue weighted by Crippen LogP contribution is 2.22. The number of rotatable bonds is 7. The Kier molecular flexibility index (Phi) is 6.19. The van der Waals surface area contributed by atoms with Crippen molar-refractivity contribution in [2.75, 3.05) is 43.6 Å². The van der Waals surface area contributed by atoms with Crippen LogP contribution in [0.5, 0.6) is 11.5 Å². The number of hydrogen-bond donors (Lipinski definition) is 2. The zero-order valence-corrected chi connectivity index (χ0v) is 15.0. The van der Waals surface area contributed by atoms with E-state index in [1.165, 1.54) is 18.5 Å². The van der Waals surface area contributed by atoms with E-state index in [0.717, 1.165) is 24.5 Å². The minimum absolute atomic E-state index is 0.242. The average molecular weight is 355 g/mol. The highest BCUT2D eigenvalue weighted by atomic mass is 16.5. The van der Waals surface area contributed by atoms with Gasteiger partial charge in [-0.25, -0.2) is 4.79 Å². The minimum Gasteiger partial charge on any atom is -0.497 e. The van der Waals surface area contributed by atoms with Crippen LogP contribution in [0.25, 0.3) is 0 Å². The van der Waals surface area contributed by atoms with Gasteiger partial charge >= 0.3 is 6.03 Å². The van der Waals surface area contributed by atoms with Gasteiger partial charge in [0.25, 0.3) is 0 Å². The summed E-state index contributed by atoms with van der Waals surface area (Å²) < 4.78 is 10.7. The van der Waals surface area contributed by atoms with Gasteiger partial charge in [-0.05, 0) is 49.2 Å². The normalized spacial score (nSPS) is 13.3. The first-order valence-corrected chi connectivity index (χ1v) is 8.91. The number of carbonyl (C=O) groups is 1. The second-order valence-corrected chi connectivity index (χ2v) is 6.15. The molecule has 0 saturated carbocycles. The van der Waals surface area contributed by atoms with Crippen molar-refractivity contribution in [3.63, 3.8) is 0 Å². The lowest BCUT2D eigenvalue weighted by atomic mass is 10.2. The number of carbonyl (C=O) groups excluding carboxylic acids is 1. The summed E-state index contributed by atoms with van der Waals surface area (Å²) >= 11 is 0. The summed E-state index contributed by atoms with van der Waals surface area (Å²) in [7, 11) is 1.61. The van der Waals surface area contributed by atoms with Gasteiger partial charge in [-0.2, -0.15) is 0 Å². The Balaban J connectivity index is 1.38. The monoisotopic (exact) mass is 355 g/mol. The van der Waals surface area contributed by atoms with E-state index in [0.29, 0.717) is 18.9 Å². The Hall–Kier alpha value is -2.89. The number of nitrogens with zero attached hydrogens (tertiary/aromatic N) is 1. The number of amides is 2. The lowest BCUT2D eigenvalue weighted by Gasteiger charge is -2.17. The molecule has 2 aromatic carbocycles. The van der Waals surface area contributed by atoms with Crippen LogP contribution in [0.2, 0.25) is 0 Å². The highest BCUT2D eigenvalue weighted by molar-refractivity contribution is 5.89. The predicted octanol–water partition coefficient (Wildman–Crippen LogP) is 3.50. The van der Waals surface area contributed by atoms with E-state index < -0.39 is 0 Å². The number of hydrogen-bond acceptors (Lipinski definition) is 4. The Morgan fingerprint density at radius 2 is 1.81 bits per heavy atom. The van der Waals surface area contributed by atoms with E-state index in [-0.39, 0.29) is 6.03 Å². The van der Waals surface area contributed by atoms with Crippen molar-refractivity contribution in [3.8, 4) is 11.5 Å². The predicted molar refractivity (Wildman–Crippen MR) is 103 cm³/mol. The molecule has 1 heterocycles. The molecule has 0 unspecified atom stereocenters. The molecule has 0 bridgehead atoms. The van der Waals surface area contributed by atoms with E-state index in [2.05, 4.69) is 15.5 Å². The van der Waals surface area contributed by atoms with Crippen LogP contribution in [0.1, 0.15) is 12.8 Å². The van der Waals surface area contributed by atoms with Crippen LogP contribution in [-0.2, 0) is 0 Å². The smallest absolute Gasteiger partial charge is 0.319 e. The van der Waals surface area contributed by atoms with Crippen molar-refractivity contribution >= 4 is 17.4 Å². The molecular formula is C20H25N3O3. The molecule has 0 atom stereocenters. The number of benzene rings is 2. The molecule has 1 aliphatic rings. The molecule has 6 heteroatoms. The maximum Gasteiger partial charge on any atom is 0.319 e. The van der Waals surface area contributed by atoms with Crippen molar-refractivity contribution in [1.82, 2.24) is 5.32 Å². The molecule has 138 valence electrons. The molecule has 0 spiro atoms. The summed E-state index contributed by atoms with van der Waals surface area (Å²) in [6, 6.07) is 15.1. The SMILES string of the molecule is COc1cccc(OCCNC(=O)Nc2ccc(N3CCCC3)cc2)c1. The molecule has 6 nitrogen and oxygen atoms in total.